The van der Waals surface area contributed by atoms with E-state index >= 15 is 0 Å². The lowest BCUT2D eigenvalue weighted by Gasteiger charge is -2.20. The normalized spacial score (nSPS) is 11.2. The van der Waals surface area contributed by atoms with Gasteiger partial charge < -0.3 is 24.4 Å². The van der Waals surface area contributed by atoms with E-state index in [0.29, 0.717) is 12.2 Å². The van der Waals surface area contributed by atoms with Crippen LogP contribution in [0.15, 0.2) is 18.2 Å². The summed E-state index contributed by atoms with van der Waals surface area (Å²) in [6.07, 6.45) is 0.708. The number of carbonyl (C=O) groups is 1. The number of phenols is 2. The Hall–Kier alpha value is -1.95. The molecule has 118 valence electrons. The predicted molar refractivity (Wildman–Crippen MR) is 76.2 cm³/mol. The molecule has 0 aliphatic heterocycles. The molecule has 0 saturated heterocycles. The van der Waals surface area contributed by atoms with Crippen LogP contribution in [0.5, 0.6) is 17.2 Å². The molecular formula is C15H22O6. The van der Waals surface area contributed by atoms with E-state index in [1.807, 2.05) is 20.8 Å². The molecule has 6 heteroatoms. The fourth-order valence-electron chi connectivity index (χ4n) is 1.29. The third kappa shape index (κ3) is 5.51. The van der Waals surface area contributed by atoms with E-state index in [9.17, 15) is 9.90 Å². The van der Waals surface area contributed by atoms with E-state index in [-0.39, 0.29) is 37.5 Å². The molecule has 0 aliphatic carbocycles. The van der Waals surface area contributed by atoms with Gasteiger partial charge in [0.05, 0.1) is 12.0 Å². The van der Waals surface area contributed by atoms with E-state index < -0.39 is 5.41 Å². The fourth-order valence-corrected chi connectivity index (χ4v) is 1.29. The zero-order chi connectivity index (χ0) is 15.9. The molecule has 0 bridgehead atoms. The molecule has 0 saturated carbocycles. The molecule has 0 spiro atoms. The van der Waals surface area contributed by atoms with Gasteiger partial charge in [-0.3, -0.25) is 4.79 Å². The summed E-state index contributed by atoms with van der Waals surface area (Å²) in [6, 6.07) is 4.10. The summed E-state index contributed by atoms with van der Waals surface area (Å²) in [7, 11) is 0. The molecule has 0 aliphatic rings. The minimum Gasteiger partial charge on any atom is -0.504 e. The van der Waals surface area contributed by atoms with Gasteiger partial charge in [0.2, 0.25) is 0 Å². The van der Waals surface area contributed by atoms with Gasteiger partial charge in [0.15, 0.2) is 18.3 Å². The van der Waals surface area contributed by atoms with Crippen molar-refractivity contribution in [1.29, 1.82) is 0 Å². The Kier molecular flexibility index (Phi) is 6.30. The first-order chi connectivity index (χ1) is 9.86. The number of esters is 1. The van der Waals surface area contributed by atoms with Gasteiger partial charge >= 0.3 is 5.97 Å². The van der Waals surface area contributed by atoms with Gasteiger partial charge in [-0.1, -0.05) is 6.92 Å². The quantitative estimate of drug-likeness (QED) is 0.332. The maximum atomic E-state index is 11.7. The van der Waals surface area contributed by atoms with Crippen molar-refractivity contribution < 1.29 is 29.2 Å². The Labute approximate surface area is 124 Å². The lowest BCUT2D eigenvalue weighted by Crippen LogP contribution is -2.27. The Morgan fingerprint density at radius 1 is 1.19 bits per heavy atom. The monoisotopic (exact) mass is 298 g/mol. The number of phenolic OH excluding ortho intramolecular Hbond substituents is 2. The van der Waals surface area contributed by atoms with E-state index in [1.54, 1.807) is 0 Å². The van der Waals surface area contributed by atoms with Crippen LogP contribution in [-0.4, -0.2) is 36.2 Å². The largest absolute Gasteiger partial charge is 0.504 e. The lowest BCUT2D eigenvalue weighted by atomic mass is 9.91. The van der Waals surface area contributed by atoms with Crippen molar-refractivity contribution >= 4 is 5.97 Å². The van der Waals surface area contributed by atoms with Crippen LogP contribution >= 0.6 is 0 Å². The highest BCUT2D eigenvalue weighted by Gasteiger charge is 2.26. The van der Waals surface area contributed by atoms with Crippen LogP contribution in [0.25, 0.3) is 0 Å². The van der Waals surface area contributed by atoms with Crippen LogP contribution in [0, 0.1) is 5.41 Å². The summed E-state index contributed by atoms with van der Waals surface area (Å²) in [5.74, 6) is -0.357. The smallest absolute Gasteiger partial charge is 0.311 e. The van der Waals surface area contributed by atoms with Gasteiger partial charge in [-0.25, -0.2) is 0 Å². The van der Waals surface area contributed by atoms with Crippen molar-refractivity contribution in [3.05, 3.63) is 18.2 Å². The number of aromatic hydroxyl groups is 2. The summed E-state index contributed by atoms with van der Waals surface area (Å²) in [5, 5.41) is 18.4. The number of ether oxygens (including phenoxy) is 3. The first kappa shape index (κ1) is 17.1. The maximum absolute atomic E-state index is 11.7. The number of rotatable bonds is 8. The van der Waals surface area contributed by atoms with Gasteiger partial charge in [0, 0.05) is 6.07 Å². The minimum absolute atomic E-state index is 0.0427. The molecule has 21 heavy (non-hydrogen) atoms. The second kappa shape index (κ2) is 7.73. The van der Waals surface area contributed by atoms with E-state index in [0.717, 1.165) is 0 Å². The van der Waals surface area contributed by atoms with Crippen LogP contribution in [0.4, 0.5) is 0 Å². The van der Waals surface area contributed by atoms with Gasteiger partial charge in [-0.05, 0) is 32.4 Å². The fraction of sp³-hybridized carbons (Fsp3) is 0.533. The molecule has 0 fully saturated rings. The molecule has 6 nitrogen and oxygen atoms in total. The predicted octanol–water partition coefficient (Wildman–Crippen LogP) is 2.43. The second-order valence-corrected chi connectivity index (χ2v) is 5.19. The standard InChI is InChI=1S/C15H22O6/c1-4-15(2,3)14(18)20-8-7-19-10-21-11-5-6-12(16)13(17)9-11/h5-6,9,16-17H,4,7-8,10H2,1-3H3. The maximum Gasteiger partial charge on any atom is 0.311 e. The lowest BCUT2D eigenvalue weighted by molar-refractivity contribution is -0.156. The molecule has 1 aromatic rings. The second-order valence-electron chi connectivity index (χ2n) is 5.19. The van der Waals surface area contributed by atoms with Crippen LogP contribution in [0.2, 0.25) is 0 Å². The molecule has 1 aromatic carbocycles. The van der Waals surface area contributed by atoms with Crippen molar-refractivity contribution in [3.8, 4) is 17.2 Å². The summed E-state index contributed by atoms with van der Waals surface area (Å²) >= 11 is 0. The van der Waals surface area contributed by atoms with Crippen molar-refractivity contribution in [2.24, 2.45) is 5.41 Å². The van der Waals surface area contributed by atoms with E-state index in [4.69, 9.17) is 19.3 Å². The molecular weight excluding hydrogens is 276 g/mol. The summed E-state index contributed by atoms with van der Waals surface area (Å²) in [4.78, 5) is 11.7. The van der Waals surface area contributed by atoms with Gasteiger partial charge in [-0.2, -0.15) is 0 Å². The Balaban J connectivity index is 2.18. The first-order valence-electron chi connectivity index (χ1n) is 6.76. The molecule has 0 atom stereocenters. The topological polar surface area (TPSA) is 85.2 Å². The Morgan fingerprint density at radius 2 is 1.90 bits per heavy atom. The van der Waals surface area contributed by atoms with E-state index in [1.165, 1.54) is 18.2 Å². The Bertz CT molecular complexity index is 469. The summed E-state index contributed by atoms with van der Waals surface area (Å²) in [6.45, 7) is 5.92. The third-order valence-corrected chi connectivity index (χ3v) is 3.15. The highest BCUT2D eigenvalue weighted by Crippen LogP contribution is 2.28. The van der Waals surface area contributed by atoms with Gasteiger partial charge in [0.25, 0.3) is 0 Å². The summed E-state index contributed by atoms with van der Waals surface area (Å²) < 4.78 is 15.5. The first-order valence-corrected chi connectivity index (χ1v) is 6.76. The molecule has 2 N–H and O–H groups in total. The molecule has 1 rings (SSSR count). The van der Waals surface area contributed by atoms with Crippen LogP contribution in [0.3, 0.4) is 0 Å². The molecule has 0 heterocycles. The molecule has 0 unspecified atom stereocenters. The van der Waals surface area contributed by atoms with Gasteiger partial charge in [0.1, 0.15) is 12.4 Å². The zero-order valence-electron chi connectivity index (χ0n) is 12.6. The number of hydrogen-bond acceptors (Lipinski definition) is 6. The Morgan fingerprint density at radius 3 is 2.52 bits per heavy atom. The van der Waals surface area contributed by atoms with E-state index in [2.05, 4.69) is 0 Å². The number of carbonyl (C=O) groups excluding carboxylic acids is 1. The number of benzene rings is 1. The third-order valence-electron chi connectivity index (χ3n) is 3.15. The SMILES string of the molecule is CCC(C)(C)C(=O)OCCOCOc1ccc(O)c(O)c1. The average Bonchev–Trinajstić information content (AvgIpc) is 2.46. The van der Waals surface area contributed by atoms with Crippen LogP contribution < -0.4 is 4.74 Å². The number of hydrogen-bond donors (Lipinski definition) is 2. The highest BCUT2D eigenvalue weighted by molar-refractivity contribution is 5.75. The van der Waals surface area contributed by atoms with Crippen molar-refractivity contribution in [2.75, 3.05) is 20.0 Å². The van der Waals surface area contributed by atoms with Crippen LogP contribution in [0.1, 0.15) is 27.2 Å². The molecule has 0 radical (unpaired) electrons. The van der Waals surface area contributed by atoms with Crippen molar-refractivity contribution in [2.45, 2.75) is 27.2 Å². The zero-order valence-corrected chi connectivity index (χ0v) is 12.6. The average molecular weight is 298 g/mol. The van der Waals surface area contributed by atoms with Crippen molar-refractivity contribution in [1.82, 2.24) is 0 Å². The van der Waals surface area contributed by atoms with Gasteiger partial charge in [-0.15, -0.1) is 0 Å². The molecule has 0 amide bonds. The molecule has 0 aromatic heterocycles. The summed E-state index contributed by atoms with van der Waals surface area (Å²) in [5.41, 5.74) is -0.486. The van der Waals surface area contributed by atoms with Crippen molar-refractivity contribution in [3.63, 3.8) is 0 Å². The highest BCUT2D eigenvalue weighted by atomic mass is 16.7. The van der Waals surface area contributed by atoms with Crippen LogP contribution in [-0.2, 0) is 14.3 Å². The minimum atomic E-state index is -0.486.